The van der Waals surface area contributed by atoms with Gasteiger partial charge in [0, 0.05) is 18.0 Å². The number of hydrogen-bond donors (Lipinski definition) is 1. The van der Waals surface area contributed by atoms with Crippen LogP contribution in [-0.2, 0) is 0 Å². The van der Waals surface area contributed by atoms with Crippen LogP contribution < -0.4 is 10.5 Å². The highest BCUT2D eigenvalue weighted by Gasteiger charge is 2.28. The molecule has 1 heterocycles. The van der Waals surface area contributed by atoms with Gasteiger partial charge in [-0.25, -0.2) is 0 Å². The minimum absolute atomic E-state index is 0.509. The molecule has 0 bridgehead atoms. The van der Waals surface area contributed by atoms with Crippen LogP contribution in [0.25, 0.3) is 11.5 Å². The van der Waals surface area contributed by atoms with Crippen molar-refractivity contribution in [1.82, 2.24) is 10.1 Å². The van der Waals surface area contributed by atoms with Gasteiger partial charge in [-0.15, -0.1) is 0 Å². The summed E-state index contributed by atoms with van der Waals surface area (Å²) in [5, 5.41) is 3.99. The SMILES string of the molecule is NCCOc1ccc(-c2nc(C3CC3)no2)cc1. The second kappa shape index (κ2) is 4.78. The molecule has 0 atom stereocenters. The van der Waals surface area contributed by atoms with Gasteiger partial charge in [0.05, 0.1) is 0 Å². The molecule has 1 saturated carbocycles. The molecule has 94 valence electrons. The van der Waals surface area contributed by atoms with E-state index in [1.165, 1.54) is 12.8 Å². The Morgan fingerprint density at radius 1 is 1.28 bits per heavy atom. The van der Waals surface area contributed by atoms with Crippen LogP contribution >= 0.6 is 0 Å². The van der Waals surface area contributed by atoms with Gasteiger partial charge in [-0.1, -0.05) is 5.16 Å². The van der Waals surface area contributed by atoms with Crippen molar-refractivity contribution < 1.29 is 9.26 Å². The first-order chi connectivity index (χ1) is 8.86. The molecular weight excluding hydrogens is 230 g/mol. The van der Waals surface area contributed by atoms with Crippen molar-refractivity contribution in [2.45, 2.75) is 18.8 Å². The van der Waals surface area contributed by atoms with E-state index in [9.17, 15) is 0 Å². The third kappa shape index (κ3) is 2.36. The molecule has 1 fully saturated rings. The Morgan fingerprint density at radius 3 is 2.72 bits per heavy atom. The van der Waals surface area contributed by atoms with Gasteiger partial charge in [-0.3, -0.25) is 0 Å². The predicted molar refractivity (Wildman–Crippen MR) is 66.3 cm³/mol. The lowest BCUT2D eigenvalue weighted by Gasteiger charge is -2.03. The molecule has 2 N–H and O–H groups in total. The molecule has 1 aromatic carbocycles. The van der Waals surface area contributed by atoms with E-state index in [1.54, 1.807) is 0 Å². The fourth-order valence-electron chi connectivity index (χ4n) is 1.73. The van der Waals surface area contributed by atoms with Crippen LogP contribution in [0.2, 0.25) is 0 Å². The van der Waals surface area contributed by atoms with E-state index < -0.39 is 0 Å². The summed E-state index contributed by atoms with van der Waals surface area (Å²) in [5.41, 5.74) is 6.29. The molecule has 5 heteroatoms. The zero-order valence-electron chi connectivity index (χ0n) is 10.0. The molecule has 0 saturated heterocycles. The van der Waals surface area contributed by atoms with E-state index in [0.717, 1.165) is 17.1 Å². The standard InChI is InChI=1S/C13H15N3O2/c14-7-8-17-11-5-3-10(4-6-11)13-15-12(16-18-13)9-1-2-9/h3-6,9H,1-2,7-8,14H2. The summed E-state index contributed by atoms with van der Waals surface area (Å²) in [5.74, 6) is 2.71. The van der Waals surface area contributed by atoms with E-state index in [4.69, 9.17) is 15.0 Å². The van der Waals surface area contributed by atoms with Gasteiger partial charge in [-0.05, 0) is 37.1 Å². The molecule has 0 amide bonds. The lowest BCUT2D eigenvalue weighted by Crippen LogP contribution is -2.10. The number of aromatic nitrogens is 2. The number of nitrogens with zero attached hydrogens (tertiary/aromatic N) is 2. The first kappa shape index (κ1) is 11.2. The monoisotopic (exact) mass is 245 g/mol. The van der Waals surface area contributed by atoms with Crippen molar-refractivity contribution in [2.75, 3.05) is 13.2 Å². The highest BCUT2D eigenvalue weighted by Crippen LogP contribution is 2.38. The van der Waals surface area contributed by atoms with Crippen molar-refractivity contribution in [2.24, 2.45) is 5.73 Å². The number of nitrogens with two attached hydrogens (primary N) is 1. The Bertz CT molecular complexity index is 517. The van der Waals surface area contributed by atoms with Crippen molar-refractivity contribution in [3.05, 3.63) is 30.1 Å². The van der Waals surface area contributed by atoms with Gasteiger partial charge in [0.15, 0.2) is 5.82 Å². The van der Waals surface area contributed by atoms with Crippen molar-refractivity contribution in [1.29, 1.82) is 0 Å². The number of rotatable bonds is 5. The molecule has 0 spiro atoms. The summed E-state index contributed by atoms with van der Waals surface area (Å²) in [6.07, 6.45) is 2.34. The molecular formula is C13H15N3O2. The number of hydrogen-bond acceptors (Lipinski definition) is 5. The highest BCUT2D eigenvalue weighted by atomic mass is 16.5. The van der Waals surface area contributed by atoms with Crippen LogP contribution in [0.15, 0.2) is 28.8 Å². The zero-order chi connectivity index (χ0) is 12.4. The quantitative estimate of drug-likeness (QED) is 0.871. The third-order valence-corrected chi connectivity index (χ3v) is 2.87. The summed E-state index contributed by atoms with van der Waals surface area (Å²) in [4.78, 5) is 4.40. The summed E-state index contributed by atoms with van der Waals surface area (Å²) < 4.78 is 10.7. The van der Waals surface area contributed by atoms with Gasteiger partial charge >= 0.3 is 0 Å². The summed E-state index contributed by atoms with van der Waals surface area (Å²) >= 11 is 0. The van der Waals surface area contributed by atoms with E-state index in [1.807, 2.05) is 24.3 Å². The van der Waals surface area contributed by atoms with Gasteiger partial charge in [0.1, 0.15) is 12.4 Å². The molecule has 0 aliphatic heterocycles. The fourth-order valence-corrected chi connectivity index (χ4v) is 1.73. The topological polar surface area (TPSA) is 74.2 Å². The molecule has 0 unspecified atom stereocenters. The summed E-state index contributed by atoms with van der Waals surface area (Å²) in [6, 6.07) is 7.59. The Kier molecular flexibility index (Phi) is 2.98. The second-order valence-corrected chi connectivity index (χ2v) is 4.39. The Labute approximate surface area is 105 Å². The Morgan fingerprint density at radius 2 is 2.06 bits per heavy atom. The van der Waals surface area contributed by atoms with E-state index in [0.29, 0.717) is 25.0 Å². The smallest absolute Gasteiger partial charge is 0.257 e. The van der Waals surface area contributed by atoms with Crippen LogP contribution in [0.5, 0.6) is 5.75 Å². The highest BCUT2D eigenvalue weighted by molar-refractivity contribution is 5.54. The number of ether oxygens (including phenoxy) is 1. The minimum atomic E-state index is 0.509. The van der Waals surface area contributed by atoms with Crippen LogP contribution in [0.4, 0.5) is 0 Å². The van der Waals surface area contributed by atoms with Crippen molar-refractivity contribution in [3.63, 3.8) is 0 Å². The van der Waals surface area contributed by atoms with Gasteiger partial charge in [0.25, 0.3) is 5.89 Å². The minimum Gasteiger partial charge on any atom is -0.492 e. The van der Waals surface area contributed by atoms with E-state index in [2.05, 4.69) is 10.1 Å². The maximum absolute atomic E-state index is 5.41. The fraction of sp³-hybridized carbons (Fsp3) is 0.385. The van der Waals surface area contributed by atoms with Gasteiger partial charge < -0.3 is 15.0 Å². The van der Waals surface area contributed by atoms with Crippen molar-refractivity contribution >= 4 is 0 Å². The molecule has 1 aliphatic carbocycles. The maximum Gasteiger partial charge on any atom is 0.257 e. The summed E-state index contributed by atoms with van der Waals surface area (Å²) in [6.45, 7) is 1.03. The molecule has 2 aromatic rings. The summed E-state index contributed by atoms with van der Waals surface area (Å²) in [7, 11) is 0. The predicted octanol–water partition coefficient (Wildman–Crippen LogP) is 1.95. The molecule has 5 nitrogen and oxygen atoms in total. The maximum atomic E-state index is 5.41. The Hall–Kier alpha value is -1.88. The van der Waals surface area contributed by atoms with Crippen LogP contribution in [0.3, 0.4) is 0 Å². The second-order valence-electron chi connectivity index (χ2n) is 4.39. The first-order valence-electron chi connectivity index (χ1n) is 6.14. The molecule has 1 aliphatic rings. The normalized spacial score (nSPS) is 14.7. The zero-order valence-corrected chi connectivity index (χ0v) is 10.0. The first-order valence-corrected chi connectivity index (χ1v) is 6.14. The third-order valence-electron chi connectivity index (χ3n) is 2.87. The Balaban J connectivity index is 1.74. The number of benzene rings is 1. The van der Waals surface area contributed by atoms with Crippen LogP contribution in [0.1, 0.15) is 24.6 Å². The molecule has 18 heavy (non-hydrogen) atoms. The van der Waals surface area contributed by atoms with Crippen LogP contribution in [-0.4, -0.2) is 23.3 Å². The average molecular weight is 245 g/mol. The molecule has 0 radical (unpaired) electrons. The largest absolute Gasteiger partial charge is 0.492 e. The lowest BCUT2D eigenvalue weighted by atomic mass is 10.2. The lowest BCUT2D eigenvalue weighted by molar-refractivity contribution is 0.328. The average Bonchev–Trinajstić information content (AvgIpc) is 3.15. The van der Waals surface area contributed by atoms with Crippen LogP contribution in [0, 0.1) is 0 Å². The molecule has 3 rings (SSSR count). The molecule has 1 aromatic heterocycles. The van der Waals surface area contributed by atoms with E-state index in [-0.39, 0.29) is 0 Å². The van der Waals surface area contributed by atoms with Gasteiger partial charge in [-0.2, -0.15) is 4.98 Å². The van der Waals surface area contributed by atoms with Gasteiger partial charge in [0.2, 0.25) is 0 Å². The van der Waals surface area contributed by atoms with Crippen molar-refractivity contribution in [3.8, 4) is 17.2 Å². The van der Waals surface area contributed by atoms with E-state index >= 15 is 0 Å².